The Hall–Kier alpha value is -1.77. The number of piperazine rings is 1. The van der Waals surface area contributed by atoms with Gasteiger partial charge in [0.05, 0.1) is 19.5 Å². The Balaban J connectivity index is 1.41. The van der Waals surface area contributed by atoms with Crippen LogP contribution in [0.1, 0.15) is 13.3 Å². The van der Waals surface area contributed by atoms with Gasteiger partial charge in [-0.2, -0.15) is 0 Å². The van der Waals surface area contributed by atoms with Crippen molar-refractivity contribution >= 4 is 17.0 Å². The van der Waals surface area contributed by atoms with Crippen molar-refractivity contribution in [2.75, 3.05) is 70.5 Å². The lowest BCUT2D eigenvalue weighted by molar-refractivity contribution is 0.0369. The van der Waals surface area contributed by atoms with E-state index < -0.39 is 0 Å². The van der Waals surface area contributed by atoms with Crippen molar-refractivity contribution in [3.8, 4) is 0 Å². The predicted octanol–water partition coefficient (Wildman–Crippen LogP) is 0.691. The Morgan fingerprint density at radius 3 is 2.50 bits per heavy atom. The largest absolute Gasteiger partial charge is 0.379 e. The summed E-state index contributed by atoms with van der Waals surface area (Å²) in [5, 5.41) is 0. The molecule has 4 heterocycles. The molecule has 142 valence electrons. The summed E-state index contributed by atoms with van der Waals surface area (Å²) in [7, 11) is 0. The summed E-state index contributed by atoms with van der Waals surface area (Å²) < 4.78 is 7.58. The topological polar surface area (TPSA) is 62.6 Å². The molecule has 8 nitrogen and oxygen atoms in total. The van der Waals surface area contributed by atoms with Crippen LogP contribution in [-0.2, 0) is 11.3 Å². The molecule has 0 radical (unpaired) electrons. The van der Waals surface area contributed by atoms with Crippen LogP contribution in [0.4, 0.5) is 5.82 Å². The summed E-state index contributed by atoms with van der Waals surface area (Å²) in [5.41, 5.74) is 1.89. The van der Waals surface area contributed by atoms with Crippen molar-refractivity contribution in [3.05, 3.63) is 12.7 Å². The minimum absolute atomic E-state index is 0.857. The Bertz CT molecular complexity index is 705. The van der Waals surface area contributed by atoms with Gasteiger partial charge in [0.2, 0.25) is 0 Å². The number of morpholine rings is 1. The molecule has 0 N–H and O–H groups in total. The fourth-order valence-corrected chi connectivity index (χ4v) is 3.83. The van der Waals surface area contributed by atoms with E-state index >= 15 is 0 Å². The van der Waals surface area contributed by atoms with Gasteiger partial charge in [-0.1, -0.05) is 6.92 Å². The lowest BCUT2D eigenvalue weighted by Gasteiger charge is -2.34. The minimum atomic E-state index is 0.857. The van der Waals surface area contributed by atoms with Gasteiger partial charge >= 0.3 is 0 Å². The summed E-state index contributed by atoms with van der Waals surface area (Å²) >= 11 is 0. The van der Waals surface area contributed by atoms with Gasteiger partial charge in [0.15, 0.2) is 17.0 Å². The van der Waals surface area contributed by atoms with E-state index in [2.05, 4.69) is 41.1 Å². The molecule has 0 saturated carbocycles. The molecule has 0 aliphatic carbocycles. The zero-order chi connectivity index (χ0) is 17.8. The van der Waals surface area contributed by atoms with Crippen LogP contribution in [0.2, 0.25) is 0 Å². The molecule has 0 bridgehead atoms. The Labute approximate surface area is 154 Å². The second-order valence-electron chi connectivity index (χ2n) is 7.04. The van der Waals surface area contributed by atoms with Crippen molar-refractivity contribution in [3.63, 3.8) is 0 Å². The van der Waals surface area contributed by atoms with E-state index in [1.54, 1.807) is 6.33 Å². The maximum atomic E-state index is 5.41. The highest BCUT2D eigenvalue weighted by Gasteiger charge is 2.21. The molecule has 2 saturated heterocycles. The van der Waals surface area contributed by atoms with E-state index in [4.69, 9.17) is 4.74 Å². The SMILES string of the molecule is CCN1CCN(c2ncnc3c2ncn3CCCN2CCOCC2)CC1. The summed E-state index contributed by atoms with van der Waals surface area (Å²) in [6.07, 6.45) is 4.70. The molecule has 2 aromatic heterocycles. The number of aromatic nitrogens is 4. The molecule has 2 aromatic rings. The van der Waals surface area contributed by atoms with Crippen LogP contribution in [0.5, 0.6) is 0 Å². The molecular formula is C18H29N7O. The lowest BCUT2D eigenvalue weighted by atomic mass is 10.3. The first-order chi connectivity index (χ1) is 12.8. The smallest absolute Gasteiger partial charge is 0.165 e. The molecule has 8 heteroatoms. The second kappa shape index (κ2) is 8.28. The number of fused-ring (bicyclic) bond motifs is 1. The molecular weight excluding hydrogens is 330 g/mol. The number of hydrogen-bond acceptors (Lipinski definition) is 7. The van der Waals surface area contributed by atoms with Gasteiger partial charge in [-0.3, -0.25) is 4.90 Å². The number of nitrogens with zero attached hydrogens (tertiary/aromatic N) is 7. The van der Waals surface area contributed by atoms with Crippen LogP contribution in [-0.4, -0.2) is 94.9 Å². The molecule has 0 unspecified atom stereocenters. The highest BCUT2D eigenvalue weighted by Crippen LogP contribution is 2.22. The molecule has 2 aliphatic rings. The molecule has 0 spiro atoms. The van der Waals surface area contributed by atoms with Gasteiger partial charge in [0.25, 0.3) is 0 Å². The number of ether oxygens (including phenoxy) is 1. The number of hydrogen-bond donors (Lipinski definition) is 0. The number of rotatable bonds is 6. The fraction of sp³-hybridized carbons (Fsp3) is 0.722. The van der Waals surface area contributed by atoms with Crippen LogP contribution in [0.15, 0.2) is 12.7 Å². The van der Waals surface area contributed by atoms with Crippen molar-refractivity contribution in [1.29, 1.82) is 0 Å². The molecule has 4 rings (SSSR count). The summed E-state index contributed by atoms with van der Waals surface area (Å²) in [6, 6.07) is 0. The normalized spacial score (nSPS) is 20.1. The van der Waals surface area contributed by atoms with Crippen molar-refractivity contribution < 1.29 is 4.74 Å². The van der Waals surface area contributed by atoms with Crippen LogP contribution < -0.4 is 4.90 Å². The van der Waals surface area contributed by atoms with E-state index in [1.165, 1.54) is 0 Å². The lowest BCUT2D eigenvalue weighted by Crippen LogP contribution is -2.46. The molecule has 0 atom stereocenters. The third-order valence-corrected chi connectivity index (χ3v) is 5.48. The monoisotopic (exact) mass is 359 g/mol. The van der Waals surface area contributed by atoms with Crippen molar-refractivity contribution in [2.24, 2.45) is 0 Å². The van der Waals surface area contributed by atoms with E-state index in [-0.39, 0.29) is 0 Å². The minimum Gasteiger partial charge on any atom is -0.379 e. The van der Waals surface area contributed by atoms with E-state index in [0.29, 0.717) is 0 Å². The first-order valence-corrected chi connectivity index (χ1v) is 9.78. The van der Waals surface area contributed by atoms with Crippen LogP contribution in [0, 0.1) is 0 Å². The van der Waals surface area contributed by atoms with Gasteiger partial charge in [-0.15, -0.1) is 0 Å². The van der Waals surface area contributed by atoms with Crippen LogP contribution in [0.3, 0.4) is 0 Å². The van der Waals surface area contributed by atoms with Gasteiger partial charge in [-0.05, 0) is 13.0 Å². The van der Waals surface area contributed by atoms with Gasteiger partial charge in [-0.25, -0.2) is 15.0 Å². The summed E-state index contributed by atoms with van der Waals surface area (Å²) in [6.45, 7) is 13.3. The Morgan fingerprint density at radius 1 is 0.923 bits per heavy atom. The van der Waals surface area contributed by atoms with Crippen molar-refractivity contribution in [1.82, 2.24) is 29.3 Å². The molecule has 2 fully saturated rings. The number of likely N-dealkylation sites (N-methyl/N-ethyl adjacent to an activating group) is 1. The zero-order valence-electron chi connectivity index (χ0n) is 15.7. The van der Waals surface area contributed by atoms with Gasteiger partial charge in [0, 0.05) is 52.4 Å². The van der Waals surface area contributed by atoms with E-state index in [1.807, 2.05) is 6.33 Å². The Morgan fingerprint density at radius 2 is 1.73 bits per heavy atom. The van der Waals surface area contributed by atoms with E-state index in [9.17, 15) is 0 Å². The average Bonchev–Trinajstić information content (AvgIpc) is 3.12. The van der Waals surface area contributed by atoms with Crippen LogP contribution in [0.25, 0.3) is 11.2 Å². The zero-order valence-corrected chi connectivity index (χ0v) is 15.7. The average molecular weight is 359 g/mol. The van der Waals surface area contributed by atoms with Gasteiger partial charge < -0.3 is 19.1 Å². The fourth-order valence-electron chi connectivity index (χ4n) is 3.83. The third kappa shape index (κ3) is 3.82. The van der Waals surface area contributed by atoms with Crippen LogP contribution >= 0.6 is 0 Å². The summed E-state index contributed by atoms with van der Waals surface area (Å²) in [5.74, 6) is 0.984. The Kier molecular flexibility index (Phi) is 5.62. The summed E-state index contributed by atoms with van der Waals surface area (Å²) in [4.78, 5) is 21.0. The standard InChI is InChI=1S/C18H29N7O/c1-2-22-6-8-24(9-7-22)17-16-18(20-14-19-17)25(15-21-16)5-3-4-23-10-12-26-13-11-23/h14-15H,2-13H2,1H3. The third-order valence-electron chi connectivity index (χ3n) is 5.48. The number of imidazole rings is 1. The highest BCUT2D eigenvalue weighted by atomic mass is 16.5. The number of aryl methyl sites for hydroxylation is 1. The molecule has 26 heavy (non-hydrogen) atoms. The molecule has 0 amide bonds. The quantitative estimate of drug-likeness (QED) is 0.752. The first kappa shape index (κ1) is 17.6. The second-order valence-corrected chi connectivity index (χ2v) is 7.04. The predicted molar refractivity (Wildman–Crippen MR) is 102 cm³/mol. The highest BCUT2D eigenvalue weighted by molar-refractivity contribution is 5.83. The van der Waals surface area contributed by atoms with Crippen molar-refractivity contribution in [2.45, 2.75) is 19.9 Å². The number of anilines is 1. The molecule has 2 aliphatic heterocycles. The first-order valence-electron chi connectivity index (χ1n) is 9.78. The van der Waals surface area contributed by atoms with E-state index in [0.717, 1.165) is 95.5 Å². The van der Waals surface area contributed by atoms with Gasteiger partial charge in [0.1, 0.15) is 6.33 Å². The molecule has 0 aromatic carbocycles. The maximum Gasteiger partial charge on any atom is 0.165 e. The maximum absolute atomic E-state index is 5.41.